The zero-order chi connectivity index (χ0) is 18.6. The van der Waals surface area contributed by atoms with Gasteiger partial charge in [0.05, 0.1) is 5.69 Å². The van der Waals surface area contributed by atoms with Gasteiger partial charge in [0.1, 0.15) is 0 Å². The van der Waals surface area contributed by atoms with E-state index < -0.39 is 0 Å². The van der Waals surface area contributed by atoms with E-state index in [4.69, 9.17) is 4.98 Å². The first kappa shape index (κ1) is 17.5. The van der Waals surface area contributed by atoms with Gasteiger partial charge >= 0.3 is 0 Å². The number of hydrogen-bond donors (Lipinski definition) is 1. The molecule has 0 unspecified atom stereocenters. The fraction of sp³-hybridized carbons (Fsp3) is 0.182. The second-order valence-corrected chi connectivity index (χ2v) is 7.14. The van der Waals surface area contributed by atoms with Gasteiger partial charge < -0.3 is 10.2 Å². The highest BCUT2D eigenvalue weighted by atomic mass is 32.1. The Morgan fingerprint density at radius 2 is 1.81 bits per heavy atom. The maximum Gasteiger partial charge on any atom is 0.187 e. The van der Waals surface area contributed by atoms with Crippen molar-refractivity contribution in [2.75, 3.05) is 23.3 Å². The molecule has 1 N–H and O–H groups in total. The molecule has 0 aliphatic carbocycles. The summed E-state index contributed by atoms with van der Waals surface area (Å²) in [7, 11) is 0. The highest BCUT2D eigenvalue weighted by molar-refractivity contribution is 7.14. The van der Waals surface area contributed by atoms with Crippen LogP contribution in [0.3, 0.4) is 0 Å². The number of benzene rings is 2. The lowest BCUT2D eigenvalue weighted by Crippen LogP contribution is -2.21. The Labute approximate surface area is 163 Å². The van der Waals surface area contributed by atoms with Crippen molar-refractivity contribution in [1.29, 1.82) is 0 Å². The van der Waals surface area contributed by atoms with Crippen LogP contribution >= 0.6 is 11.3 Å². The summed E-state index contributed by atoms with van der Waals surface area (Å²) in [5.41, 5.74) is 4.43. The van der Waals surface area contributed by atoms with Crippen LogP contribution in [0.25, 0.3) is 22.0 Å². The third-order valence-corrected chi connectivity index (χ3v) is 5.48. The molecule has 2 aromatic heterocycles. The number of nitrogens with zero attached hydrogens (tertiary/aromatic N) is 3. The monoisotopic (exact) mass is 374 g/mol. The number of pyridine rings is 1. The Morgan fingerprint density at radius 1 is 1.00 bits per heavy atom. The van der Waals surface area contributed by atoms with Crippen molar-refractivity contribution in [3.8, 4) is 11.3 Å². The van der Waals surface area contributed by atoms with E-state index in [2.05, 4.69) is 70.8 Å². The first-order valence-electron chi connectivity index (χ1n) is 9.19. The molecule has 2 aromatic carbocycles. The molecule has 27 heavy (non-hydrogen) atoms. The van der Waals surface area contributed by atoms with E-state index in [1.54, 1.807) is 11.3 Å². The van der Waals surface area contributed by atoms with Gasteiger partial charge in [0.25, 0.3) is 0 Å². The van der Waals surface area contributed by atoms with Crippen molar-refractivity contribution in [2.24, 2.45) is 0 Å². The third kappa shape index (κ3) is 3.64. The lowest BCUT2D eigenvalue weighted by Gasteiger charge is -2.20. The predicted octanol–water partition coefficient (Wildman–Crippen LogP) is 5.95. The molecule has 0 bridgehead atoms. The lowest BCUT2D eigenvalue weighted by molar-refractivity contribution is 0.866. The number of nitrogens with one attached hydrogen (secondary N) is 1. The molecule has 0 radical (unpaired) electrons. The largest absolute Gasteiger partial charge is 0.372 e. The summed E-state index contributed by atoms with van der Waals surface area (Å²) in [6, 6.07) is 16.8. The number of rotatable bonds is 6. The van der Waals surface area contributed by atoms with E-state index in [0.29, 0.717) is 0 Å². The minimum Gasteiger partial charge on any atom is -0.372 e. The molecule has 0 spiro atoms. The zero-order valence-electron chi connectivity index (χ0n) is 15.5. The smallest absolute Gasteiger partial charge is 0.187 e. The van der Waals surface area contributed by atoms with Crippen LogP contribution in [0, 0.1) is 0 Å². The first-order valence-corrected chi connectivity index (χ1v) is 10.1. The molecule has 0 aliphatic heterocycles. The van der Waals surface area contributed by atoms with Crippen LogP contribution in [0.1, 0.15) is 13.8 Å². The van der Waals surface area contributed by atoms with Crippen molar-refractivity contribution < 1.29 is 0 Å². The summed E-state index contributed by atoms with van der Waals surface area (Å²) in [4.78, 5) is 11.3. The summed E-state index contributed by atoms with van der Waals surface area (Å²) in [5.74, 6) is 0. The molecule has 0 aliphatic rings. The van der Waals surface area contributed by atoms with E-state index >= 15 is 0 Å². The van der Waals surface area contributed by atoms with E-state index in [-0.39, 0.29) is 0 Å². The third-order valence-electron chi connectivity index (χ3n) is 4.72. The molecule has 0 atom stereocenters. The quantitative estimate of drug-likeness (QED) is 0.453. The Balaban J connectivity index is 1.56. The van der Waals surface area contributed by atoms with E-state index in [1.165, 1.54) is 5.69 Å². The fourth-order valence-corrected chi connectivity index (χ4v) is 3.97. The molecule has 0 amide bonds. The average Bonchev–Trinajstić information content (AvgIpc) is 3.18. The molecule has 5 heteroatoms. The standard InChI is InChI=1S/C22H22N4S/c1-3-26(4-2)18-10-8-16(9-11-18)21-15-27-22(25-21)24-20-7-5-6-17-14-23-13-12-19(17)20/h5-15H,3-4H2,1-2H3,(H,24,25). The van der Waals surface area contributed by atoms with Crippen LogP contribution in [0.2, 0.25) is 0 Å². The predicted molar refractivity (Wildman–Crippen MR) is 116 cm³/mol. The van der Waals surface area contributed by atoms with Gasteiger partial charge in [0, 0.05) is 58.6 Å². The minimum atomic E-state index is 0.891. The number of anilines is 3. The van der Waals surface area contributed by atoms with Gasteiger partial charge in [-0.05, 0) is 38.1 Å². The molecule has 4 aromatic rings. The highest BCUT2D eigenvalue weighted by Crippen LogP contribution is 2.31. The van der Waals surface area contributed by atoms with Gasteiger partial charge in [0.15, 0.2) is 5.13 Å². The van der Waals surface area contributed by atoms with Crippen LogP contribution < -0.4 is 10.2 Å². The Morgan fingerprint density at radius 3 is 2.59 bits per heavy atom. The van der Waals surface area contributed by atoms with Gasteiger partial charge in [-0.25, -0.2) is 4.98 Å². The maximum atomic E-state index is 4.78. The van der Waals surface area contributed by atoms with Crippen molar-refractivity contribution in [2.45, 2.75) is 13.8 Å². The molecule has 0 saturated heterocycles. The summed E-state index contributed by atoms with van der Waals surface area (Å²) >= 11 is 1.62. The SMILES string of the molecule is CCN(CC)c1ccc(-c2csc(Nc3cccc4cnccc34)n2)cc1. The van der Waals surface area contributed by atoms with E-state index in [9.17, 15) is 0 Å². The number of fused-ring (bicyclic) bond motifs is 1. The second kappa shape index (κ2) is 7.76. The Bertz CT molecular complexity index is 1030. The molecule has 0 fully saturated rings. The molecule has 2 heterocycles. The highest BCUT2D eigenvalue weighted by Gasteiger charge is 2.08. The van der Waals surface area contributed by atoms with Crippen LogP contribution in [-0.4, -0.2) is 23.1 Å². The number of thiazole rings is 1. The first-order chi connectivity index (χ1) is 13.3. The maximum absolute atomic E-state index is 4.78. The molecule has 4 rings (SSSR count). The van der Waals surface area contributed by atoms with Gasteiger partial charge in [-0.1, -0.05) is 24.3 Å². The molecular formula is C22H22N4S. The van der Waals surface area contributed by atoms with E-state index in [1.807, 2.05) is 24.5 Å². The van der Waals surface area contributed by atoms with Gasteiger partial charge in [-0.3, -0.25) is 4.98 Å². The molecule has 136 valence electrons. The normalized spacial score (nSPS) is 10.9. The molecule has 0 saturated carbocycles. The van der Waals surface area contributed by atoms with Crippen molar-refractivity contribution in [3.05, 3.63) is 66.3 Å². The van der Waals surface area contributed by atoms with Gasteiger partial charge in [-0.2, -0.15) is 0 Å². The van der Waals surface area contributed by atoms with Crippen LogP contribution in [0.15, 0.2) is 66.3 Å². The van der Waals surface area contributed by atoms with Crippen molar-refractivity contribution in [1.82, 2.24) is 9.97 Å². The number of aromatic nitrogens is 2. The topological polar surface area (TPSA) is 41.0 Å². The van der Waals surface area contributed by atoms with Crippen LogP contribution in [0.5, 0.6) is 0 Å². The summed E-state index contributed by atoms with van der Waals surface area (Å²) in [6.45, 7) is 6.39. The summed E-state index contributed by atoms with van der Waals surface area (Å²) in [5, 5.41) is 8.71. The lowest BCUT2D eigenvalue weighted by atomic mass is 10.1. The summed E-state index contributed by atoms with van der Waals surface area (Å²) in [6.07, 6.45) is 3.70. The molecule has 4 nitrogen and oxygen atoms in total. The van der Waals surface area contributed by atoms with Gasteiger partial charge in [-0.15, -0.1) is 11.3 Å². The second-order valence-electron chi connectivity index (χ2n) is 6.28. The fourth-order valence-electron chi connectivity index (χ4n) is 3.24. The van der Waals surface area contributed by atoms with Crippen LogP contribution in [-0.2, 0) is 0 Å². The minimum absolute atomic E-state index is 0.891. The van der Waals surface area contributed by atoms with Crippen molar-refractivity contribution in [3.63, 3.8) is 0 Å². The van der Waals surface area contributed by atoms with E-state index in [0.717, 1.165) is 45.9 Å². The Kier molecular flexibility index (Phi) is 5.03. The van der Waals surface area contributed by atoms with Gasteiger partial charge in [0.2, 0.25) is 0 Å². The zero-order valence-corrected chi connectivity index (χ0v) is 16.3. The molecular weight excluding hydrogens is 352 g/mol. The Hall–Kier alpha value is -2.92. The van der Waals surface area contributed by atoms with Crippen molar-refractivity contribution >= 4 is 38.6 Å². The number of hydrogen-bond acceptors (Lipinski definition) is 5. The van der Waals surface area contributed by atoms with Crippen LogP contribution in [0.4, 0.5) is 16.5 Å². The average molecular weight is 375 g/mol. The summed E-state index contributed by atoms with van der Waals surface area (Å²) < 4.78 is 0.